The van der Waals surface area contributed by atoms with Crippen molar-refractivity contribution in [2.75, 3.05) is 11.9 Å². The van der Waals surface area contributed by atoms with E-state index in [0.717, 1.165) is 19.4 Å². The third kappa shape index (κ3) is 3.76. The number of carbonyl (C=O) groups is 1. The lowest BCUT2D eigenvalue weighted by Crippen LogP contribution is -2.15. The van der Waals surface area contributed by atoms with E-state index in [0.29, 0.717) is 17.8 Å². The first-order valence-electron chi connectivity index (χ1n) is 6.88. The van der Waals surface area contributed by atoms with Crippen LogP contribution in [0.1, 0.15) is 23.2 Å². The lowest BCUT2D eigenvalue weighted by Gasteiger charge is -2.08. The van der Waals surface area contributed by atoms with Gasteiger partial charge in [-0.25, -0.2) is 4.98 Å². The van der Waals surface area contributed by atoms with E-state index in [1.165, 1.54) is 12.1 Å². The van der Waals surface area contributed by atoms with Gasteiger partial charge in [0.2, 0.25) is 0 Å². The number of ether oxygens (including phenoxy) is 1. The lowest BCUT2D eigenvalue weighted by atomic mass is 10.2. The largest absolute Gasteiger partial charge is 0.376 e. The Balaban J connectivity index is 1.65. The molecular formula is C14H14Cl2N4O2. The smallest absolute Gasteiger partial charge is 0.255 e. The normalized spacial score (nSPS) is 17.6. The van der Waals surface area contributed by atoms with Gasteiger partial charge in [-0.3, -0.25) is 9.48 Å². The molecule has 8 heteroatoms. The monoisotopic (exact) mass is 340 g/mol. The molecule has 0 spiro atoms. The van der Waals surface area contributed by atoms with Gasteiger partial charge in [0.05, 0.1) is 24.5 Å². The van der Waals surface area contributed by atoms with Crippen molar-refractivity contribution in [2.45, 2.75) is 25.5 Å². The molecule has 1 amide bonds. The zero-order chi connectivity index (χ0) is 15.5. The zero-order valence-electron chi connectivity index (χ0n) is 11.6. The highest BCUT2D eigenvalue weighted by Gasteiger charge is 2.17. The van der Waals surface area contributed by atoms with E-state index < -0.39 is 0 Å². The van der Waals surface area contributed by atoms with Crippen LogP contribution in [0.4, 0.5) is 5.69 Å². The van der Waals surface area contributed by atoms with Crippen LogP contribution in [0.3, 0.4) is 0 Å². The summed E-state index contributed by atoms with van der Waals surface area (Å²) in [5.74, 6) is -0.317. The summed E-state index contributed by atoms with van der Waals surface area (Å²) < 4.78 is 7.32. The molecule has 1 aliphatic rings. The van der Waals surface area contributed by atoms with E-state index >= 15 is 0 Å². The molecule has 0 aliphatic carbocycles. The van der Waals surface area contributed by atoms with Crippen LogP contribution in [0.2, 0.25) is 10.3 Å². The van der Waals surface area contributed by atoms with Gasteiger partial charge >= 0.3 is 0 Å². The number of nitrogens with zero attached hydrogens (tertiary/aromatic N) is 3. The molecule has 1 saturated heterocycles. The molecular weight excluding hydrogens is 327 g/mol. The van der Waals surface area contributed by atoms with Gasteiger partial charge in [0, 0.05) is 18.4 Å². The number of carbonyl (C=O) groups excluding carboxylic acids is 1. The highest BCUT2D eigenvalue weighted by molar-refractivity contribution is 6.33. The fourth-order valence-corrected chi connectivity index (χ4v) is 2.78. The number of rotatable bonds is 4. The molecule has 116 valence electrons. The topological polar surface area (TPSA) is 69.0 Å². The number of hydrogen-bond acceptors (Lipinski definition) is 4. The van der Waals surface area contributed by atoms with Crippen LogP contribution in [0.25, 0.3) is 0 Å². The summed E-state index contributed by atoms with van der Waals surface area (Å²) in [7, 11) is 0. The molecule has 0 radical (unpaired) electrons. The van der Waals surface area contributed by atoms with Crippen LogP contribution in [-0.2, 0) is 11.3 Å². The standard InChI is InChI=1S/C14H14Cl2N4O2/c15-12-4-9(5-13(16)19-12)14(21)18-10-6-17-20(7-10)8-11-2-1-3-22-11/h4-7,11H,1-3,8H2,(H,18,21). The molecule has 6 nitrogen and oxygen atoms in total. The molecule has 0 saturated carbocycles. The number of nitrogens with one attached hydrogen (secondary N) is 1. The molecule has 1 aliphatic heterocycles. The Labute approximate surface area is 137 Å². The highest BCUT2D eigenvalue weighted by atomic mass is 35.5. The van der Waals surface area contributed by atoms with Gasteiger partial charge < -0.3 is 10.1 Å². The van der Waals surface area contributed by atoms with Gasteiger partial charge in [0.15, 0.2) is 0 Å². The van der Waals surface area contributed by atoms with Crippen LogP contribution in [0.5, 0.6) is 0 Å². The minimum Gasteiger partial charge on any atom is -0.376 e. The molecule has 2 aromatic rings. The molecule has 1 unspecified atom stereocenters. The lowest BCUT2D eigenvalue weighted by molar-refractivity contribution is 0.0940. The van der Waals surface area contributed by atoms with E-state index in [4.69, 9.17) is 27.9 Å². The summed E-state index contributed by atoms with van der Waals surface area (Å²) in [5.41, 5.74) is 0.948. The van der Waals surface area contributed by atoms with Crippen molar-refractivity contribution in [3.8, 4) is 0 Å². The first-order valence-corrected chi connectivity index (χ1v) is 7.64. The summed E-state index contributed by atoms with van der Waals surface area (Å²) in [6.07, 6.45) is 5.68. The second-order valence-electron chi connectivity index (χ2n) is 5.04. The average molecular weight is 341 g/mol. The number of halogens is 2. The SMILES string of the molecule is O=C(Nc1cnn(CC2CCCO2)c1)c1cc(Cl)nc(Cl)c1. The van der Waals surface area contributed by atoms with Crippen LogP contribution in [-0.4, -0.2) is 33.4 Å². The van der Waals surface area contributed by atoms with E-state index in [1.807, 2.05) is 0 Å². The Morgan fingerprint density at radius 3 is 2.86 bits per heavy atom. The van der Waals surface area contributed by atoms with Gasteiger partial charge in [-0.1, -0.05) is 23.2 Å². The van der Waals surface area contributed by atoms with Crippen LogP contribution in [0, 0.1) is 0 Å². The molecule has 0 bridgehead atoms. The van der Waals surface area contributed by atoms with Gasteiger partial charge in [0.25, 0.3) is 5.91 Å². The predicted molar refractivity (Wildman–Crippen MR) is 83.4 cm³/mol. The maximum atomic E-state index is 12.2. The van der Waals surface area contributed by atoms with Crippen molar-refractivity contribution >= 4 is 34.8 Å². The fraction of sp³-hybridized carbons (Fsp3) is 0.357. The van der Waals surface area contributed by atoms with Crippen molar-refractivity contribution in [3.63, 3.8) is 0 Å². The van der Waals surface area contributed by atoms with Gasteiger partial charge in [-0.15, -0.1) is 0 Å². The summed E-state index contributed by atoms with van der Waals surface area (Å²) >= 11 is 11.6. The first-order chi connectivity index (χ1) is 10.6. The second kappa shape index (κ2) is 6.64. The van der Waals surface area contributed by atoms with Crippen molar-refractivity contribution in [2.24, 2.45) is 0 Å². The molecule has 2 aromatic heterocycles. The summed E-state index contributed by atoms with van der Waals surface area (Å²) in [6, 6.07) is 2.92. The molecule has 1 fully saturated rings. The van der Waals surface area contributed by atoms with E-state index in [1.54, 1.807) is 17.1 Å². The van der Waals surface area contributed by atoms with Gasteiger partial charge in [-0.05, 0) is 25.0 Å². The number of aromatic nitrogens is 3. The van der Waals surface area contributed by atoms with Crippen molar-refractivity contribution in [3.05, 3.63) is 40.4 Å². The van der Waals surface area contributed by atoms with Crippen LogP contribution >= 0.6 is 23.2 Å². The third-order valence-electron chi connectivity index (χ3n) is 3.33. The quantitative estimate of drug-likeness (QED) is 0.868. The minimum atomic E-state index is -0.317. The summed E-state index contributed by atoms with van der Waals surface area (Å²) in [6.45, 7) is 1.49. The molecule has 3 heterocycles. The van der Waals surface area contributed by atoms with Crippen LogP contribution < -0.4 is 5.32 Å². The van der Waals surface area contributed by atoms with Crippen molar-refractivity contribution < 1.29 is 9.53 Å². The summed E-state index contributed by atoms with van der Waals surface area (Å²) in [5, 5.41) is 7.31. The summed E-state index contributed by atoms with van der Waals surface area (Å²) in [4.78, 5) is 16.0. The molecule has 22 heavy (non-hydrogen) atoms. The highest BCUT2D eigenvalue weighted by Crippen LogP contribution is 2.17. The van der Waals surface area contributed by atoms with Crippen molar-refractivity contribution in [1.29, 1.82) is 0 Å². The number of amides is 1. The number of hydrogen-bond donors (Lipinski definition) is 1. The molecule has 0 aromatic carbocycles. The maximum Gasteiger partial charge on any atom is 0.255 e. The third-order valence-corrected chi connectivity index (χ3v) is 3.72. The fourth-order valence-electron chi connectivity index (χ4n) is 2.32. The molecule has 1 N–H and O–H groups in total. The molecule has 1 atom stereocenters. The number of pyridine rings is 1. The Morgan fingerprint density at radius 1 is 1.41 bits per heavy atom. The number of anilines is 1. The zero-order valence-corrected chi connectivity index (χ0v) is 13.1. The Kier molecular flexibility index (Phi) is 4.61. The average Bonchev–Trinajstić information content (AvgIpc) is 3.10. The van der Waals surface area contributed by atoms with Gasteiger partial charge in [0.1, 0.15) is 10.3 Å². The van der Waals surface area contributed by atoms with E-state index in [-0.39, 0.29) is 22.3 Å². The molecule has 3 rings (SSSR count). The predicted octanol–water partition coefficient (Wildman–Crippen LogP) is 3.02. The maximum absolute atomic E-state index is 12.2. The van der Waals surface area contributed by atoms with Crippen molar-refractivity contribution in [1.82, 2.24) is 14.8 Å². The Morgan fingerprint density at radius 2 is 2.18 bits per heavy atom. The van der Waals surface area contributed by atoms with E-state index in [9.17, 15) is 4.79 Å². The second-order valence-corrected chi connectivity index (χ2v) is 5.82. The Bertz CT molecular complexity index is 663. The minimum absolute atomic E-state index is 0.173. The first kappa shape index (κ1) is 15.3. The van der Waals surface area contributed by atoms with Gasteiger partial charge in [-0.2, -0.15) is 5.10 Å². The Hall–Kier alpha value is -1.63. The van der Waals surface area contributed by atoms with Crippen LogP contribution in [0.15, 0.2) is 24.5 Å². The van der Waals surface area contributed by atoms with E-state index in [2.05, 4.69) is 15.4 Å².